The van der Waals surface area contributed by atoms with Crippen LogP contribution in [-0.2, 0) is 10.0 Å². The van der Waals surface area contributed by atoms with Crippen molar-refractivity contribution in [2.24, 2.45) is 0 Å². The van der Waals surface area contributed by atoms with Gasteiger partial charge in [0.15, 0.2) is 0 Å². The topological polar surface area (TPSA) is 50.3 Å². The molecule has 0 saturated heterocycles. The van der Waals surface area contributed by atoms with E-state index in [0.717, 1.165) is 18.2 Å². The zero-order valence-electron chi connectivity index (χ0n) is 10.9. The second-order valence-electron chi connectivity index (χ2n) is 4.89. The van der Waals surface area contributed by atoms with Crippen LogP contribution in [0.5, 0.6) is 0 Å². The quantitative estimate of drug-likeness (QED) is 0.798. The van der Waals surface area contributed by atoms with E-state index in [1.54, 1.807) is 30.6 Å². The molecule has 0 spiro atoms. The Labute approximate surface area is 123 Å². The molecular weight excluding hydrogens is 296 g/mol. The van der Waals surface area contributed by atoms with Crippen molar-refractivity contribution in [3.05, 3.63) is 36.7 Å². The SMILES string of the molecule is O=S(=O)(c1cccc2cnccc12)N(CCCl)C1CC1. The largest absolute Gasteiger partial charge is 0.264 e. The summed E-state index contributed by atoms with van der Waals surface area (Å²) >= 11 is 5.76. The fourth-order valence-corrected chi connectivity index (χ4v) is 4.57. The lowest BCUT2D eigenvalue weighted by atomic mass is 10.2. The van der Waals surface area contributed by atoms with Crippen molar-refractivity contribution < 1.29 is 8.42 Å². The summed E-state index contributed by atoms with van der Waals surface area (Å²) in [4.78, 5) is 4.38. The van der Waals surface area contributed by atoms with Gasteiger partial charge in [-0.15, -0.1) is 11.6 Å². The first-order chi connectivity index (χ1) is 9.64. The second-order valence-corrected chi connectivity index (χ2v) is 7.13. The molecule has 1 aromatic carbocycles. The van der Waals surface area contributed by atoms with Gasteiger partial charge in [0.1, 0.15) is 0 Å². The van der Waals surface area contributed by atoms with Crippen molar-refractivity contribution in [1.29, 1.82) is 0 Å². The van der Waals surface area contributed by atoms with Crippen molar-refractivity contribution in [2.75, 3.05) is 12.4 Å². The predicted molar refractivity (Wildman–Crippen MR) is 79.4 cm³/mol. The van der Waals surface area contributed by atoms with Gasteiger partial charge in [-0.3, -0.25) is 4.98 Å². The van der Waals surface area contributed by atoms with Crippen molar-refractivity contribution >= 4 is 32.4 Å². The second kappa shape index (κ2) is 5.31. The number of rotatable bonds is 5. The van der Waals surface area contributed by atoms with E-state index in [0.29, 0.717) is 22.7 Å². The third-order valence-electron chi connectivity index (χ3n) is 3.49. The molecule has 3 rings (SSSR count). The van der Waals surface area contributed by atoms with Crippen LogP contribution >= 0.6 is 11.6 Å². The van der Waals surface area contributed by atoms with E-state index in [9.17, 15) is 8.42 Å². The highest BCUT2D eigenvalue weighted by Gasteiger charge is 2.38. The summed E-state index contributed by atoms with van der Waals surface area (Å²) in [6.07, 6.45) is 5.13. The van der Waals surface area contributed by atoms with Gasteiger partial charge >= 0.3 is 0 Å². The fraction of sp³-hybridized carbons (Fsp3) is 0.357. The maximum Gasteiger partial charge on any atom is 0.243 e. The van der Waals surface area contributed by atoms with Gasteiger partial charge in [0.05, 0.1) is 4.90 Å². The monoisotopic (exact) mass is 310 g/mol. The molecule has 1 fully saturated rings. The van der Waals surface area contributed by atoms with Gasteiger partial charge in [-0.2, -0.15) is 4.31 Å². The first-order valence-electron chi connectivity index (χ1n) is 6.55. The zero-order valence-corrected chi connectivity index (χ0v) is 12.4. The Morgan fingerprint density at radius 3 is 2.80 bits per heavy atom. The van der Waals surface area contributed by atoms with Crippen LogP contribution < -0.4 is 0 Å². The maximum absolute atomic E-state index is 12.9. The number of nitrogens with zero attached hydrogens (tertiary/aromatic N) is 2. The van der Waals surface area contributed by atoms with Gasteiger partial charge in [0, 0.05) is 41.6 Å². The maximum atomic E-state index is 12.9. The molecule has 0 amide bonds. The van der Waals surface area contributed by atoms with E-state index in [1.807, 2.05) is 6.07 Å². The third kappa shape index (κ3) is 2.41. The lowest BCUT2D eigenvalue weighted by Gasteiger charge is -2.21. The van der Waals surface area contributed by atoms with Crippen molar-refractivity contribution in [3.8, 4) is 0 Å². The molecule has 0 bridgehead atoms. The number of fused-ring (bicyclic) bond motifs is 1. The van der Waals surface area contributed by atoms with Crippen LogP contribution in [0.25, 0.3) is 10.8 Å². The van der Waals surface area contributed by atoms with E-state index >= 15 is 0 Å². The number of pyridine rings is 1. The van der Waals surface area contributed by atoms with Crippen LogP contribution in [0.1, 0.15) is 12.8 Å². The highest BCUT2D eigenvalue weighted by atomic mass is 35.5. The first-order valence-corrected chi connectivity index (χ1v) is 8.52. The molecule has 1 aromatic heterocycles. The minimum atomic E-state index is -3.51. The van der Waals surface area contributed by atoms with Gasteiger partial charge in [-0.05, 0) is 25.0 Å². The van der Waals surface area contributed by atoms with E-state index in [2.05, 4.69) is 4.98 Å². The van der Waals surface area contributed by atoms with Crippen LogP contribution in [0.4, 0.5) is 0 Å². The van der Waals surface area contributed by atoms with Gasteiger partial charge in [0.25, 0.3) is 0 Å². The highest BCUT2D eigenvalue weighted by Crippen LogP contribution is 2.34. The Kier molecular flexibility index (Phi) is 3.67. The molecule has 0 N–H and O–H groups in total. The van der Waals surface area contributed by atoms with Crippen LogP contribution in [0.15, 0.2) is 41.6 Å². The Morgan fingerprint density at radius 2 is 2.10 bits per heavy atom. The molecule has 0 atom stereocenters. The third-order valence-corrected chi connectivity index (χ3v) is 5.67. The van der Waals surface area contributed by atoms with Gasteiger partial charge in [-0.1, -0.05) is 12.1 Å². The molecule has 106 valence electrons. The molecule has 1 saturated carbocycles. The molecule has 20 heavy (non-hydrogen) atoms. The van der Waals surface area contributed by atoms with E-state index in [-0.39, 0.29) is 6.04 Å². The molecule has 1 aliphatic rings. The van der Waals surface area contributed by atoms with Crippen LogP contribution in [0, 0.1) is 0 Å². The molecule has 1 heterocycles. The lowest BCUT2D eigenvalue weighted by molar-refractivity contribution is 0.423. The molecule has 0 unspecified atom stereocenters. The molecule has 1 aliphatic carbocycles. The summed E-state index contributed by atoms with van der Waals surface area (Å²) in [7, 11) is -3.51. The molecule has 0 radical (unpaired) electrons. The van der Waals surface area contributed by atoms with E-state index in [1.165, 1.54) is 4.31 Å². The summed E-state index contributed by atoms with van der Waals surface area (Å²) in [5, 5.41) is 1.54. The number of alkyl halides is 1. The van der Waals surface area contributed by atoms with E-state index < -0.39 is 10.0 Å². The van der Waals surface area contributed by atoms with Crippen molar-refractivity contribution in [1.82, 2.24) is 9.29 Å². The number of hydrogen-bond donors (Lipinski definition) is 0. The zero-order chi connectivity index (χ0) is 14.2. The fourth-order valence-electron chi connectivity index (χ4n) is 2.39. The smallest absolute Gasteiger partial charge is 0.243 e. The first kappa shape index (κ1) is 13.8. The summed E-state index contributed by atoms with van der Waals surface area (Å²) < 4.78 is 27.3. The molecule has 6 heteroatoms. The van der Waals surface area contributed by atoms with Crippen LogP contribution in [0.3, 0.4) is 0 Å². The Morgan fingerprint density at radius 1 is 1.30 bits per heavy atom. The van der Waals surface area contributed by atoms with Crippen molar-refractivity contribution in [2.45, 2.75) is 23.8 Å². The Bertz CT molecular complexity index is 724. The summed E-state index contributed by atoms with van der Waals surface area (Å²) in [6.45, 7) is 0.357. The van der Waals surface area contributed by atoms with Crippen molar-refractivity contribution in [3.63, 3.8) is 0 Å². The van der Waals surface area contributed by atoms with E-state index in [4.69, 9.17) is 11.6 Å². The Balaban J connectivity index is 2.13. The van der Waals surface area contributed by atoms with Crippen LogP contribution in [0.2, 0.25) is 0 Å². The number of aromatic nitrogens is 1. The normalized spacial score (nSPS) is 15.9. The molecule has 0 aliphatic heterocycles. The summed E-state index contributed by atoms with van der Waals surface area (Å²) in [6, 6.07) is 7.12. The Hall–Kier alpha value is -1.17. The average molecular weight is 311 g/mol. The van der Waals surface area contributed by atoms with Gasteiger partial charge in [0.2, 0.25) is 10.0 Å². The molecule has 2 aromatic rings. The van der Waals surface area contributed by atoms with Gasteiger partial charge in [-0.25, -0.2) is 8.42 Å². The minimum Gasteiger partial charge on any atom is -0.264 e. The number of sulfonamides is 1. The average Bonchev–Trinajstić information content (AvgIpc) is 3.28. The molecule has 4 nitrogen and oxygen atoms in total. The number of benzene rings is 1. The lowest BCUT2D eigenvalue weighted by Crippen LogP contribution is -2.34. The molecular formula is C14H15ClN2O2S. The minimum absolute atomic E-state index is 0.107. The standard InChI is InChI=1S/C14H15ClN2O2S/c15-7-9-17(12-4-5-12)20(18,19)14-3-1-2-11-10-16-8-6-13(11)14/h1-3,6,8,10,12H,4-5,7,9H2. The highest BCUT2D eigenvalue weighted by molar-refractivity contribution is 7.89. The van der Waals surface area contributed by atoms with Gasteiger partial charge < -0.3 is 0 Å². The van der Waals surface area contributed by atoms with Crippen LogP contribution in [-0.4, -0.2) is 36.2 Å². The number of halogens is 1. The summed E-state index contributed by atoms with van der Waals surface area (Å²) in [5.41, 5.74) is 0. The summed E-state index contributed by atoms with van der Waals surface area (Å²) in [5.74, 6) is 0.308. The predicted octanol–water partition coefficient (Wildman–Crippen LogP) is 2.63. The number of hydrogen-bond acceptors (Lipinski definition) is 3.